The van der Waals surface area contributed by atoms with Gasteiger partial charge in [-0.3, -0.25) is 24.1 Å². The minimum Gasteiger partial charge on any atom is -0.543 e. The molecule has 2 saturated heterocycles. The second-order valence-electron chi connectivity index (χ2n) is 10.9. The van der Waals surface area contributed by atoms with Crippen molar-refractivity contribution in [2.24, 2.45) is 0 Å². The first kappa shape index (κ1) is 32.1. The molecule has 0 radical (unpaired) electrons. The zero-order chi connectivity index (χ0) is 32.5. The highest BCUT2D eigenvalue weighted by atomic mass is 32.2. The molecule has 0 bridgehead atoms. The second kappa shape index (κ2) is 13.0. The fourth-order valence-electron chi connectivity index (χ4n) is 5.29. The normalized spacial score (nSPS) is 21.5. The molecule has 3 aliphatic heterocycles. The molecular weight excluding hydrogens is 630 g/mol. The van der Waals surface area contributed by atoms with E-state index in [1.54, 1.807) is 4.90 Å². The number of anilines is 1. The first-order valence-corrected chi connectivity index (χ1v) is 15.5. The van der Waals surface area contributed by atoms with Gasteiger partial charge in [0, 0.05) is 28.9 Å². The summed E-state index contributed by atoms with van der Waals surface area (Å²) in [5.74, 6) is -3.70. The molecule has 240 valence electrons. The van der Waals surface area contributed by atoms with E-state index in [-0.39, 0.29) is 34.7 Å². The summed E-state index contributed by atoms with van der Waals surface area (Å²) in [5, 5.41) is 33.7. The van der Waals surface area contributed by atoms with Gasteiger partial charge in [0.2, 0.25) is 5.91 Å². The van der Waals surface area contributed by atoms with E-state index in [0.29, 0.717) is 42.8 Å². The smallest absolute Gasteiger partial charge is 0.273 e. The van der Waals surface area contributed by atoms with Crippen molar-refractivity contribution in [1.29, 1.82) is 0 Å². The lowest BCUT2D eigenvalue weighted by Gasteiger charge is -2.52. The molecule has 3 aliphatic rings. The zero-order valence-electron chi connectivity index (χ0n) is 24.0. The third-order valence-electron chi connectivity index (χ3n) is 7.68. The van der Waals surface area contributed by atoms with Crippen molar-refractivity contribution < 1.29 is 43.8 Å². The third kappa shape index (κ3) is 6.57. The summed E-state index contributed by atoms with van der Waals surface area (Å²) in [5.41, 5.74) is 8.51. The van der Waals surface area contributed by atoms with Crippen molar-refractivity contribution in [2.45, 2.75) is 17.5 Å². The van der Waals surface area contributed by atoms with Gasteiger partial charge in [0.05, 0.1) is 57.7 Å². The number of thioether (sulfide) groups is 1. The van der Waals surface area contributed by atoms with Gasteiger partial charge in [0.25, 0.3) is 11.8 Å². The number of aromatic hydroxyl groups is 2. The van der Waals surface area contributed by atoms with Gasteiger partial charge in [-0.25, -0.2) is 9.97 Å². The fourth-order valence-corrected chi connectivity index (χ4v) is 7.10. The van der Waals surface area contributed by atoms with E-state index in [2.05, 4.69) is 31.7 Å². The molecule has 2 aromatic rings. The molecule has 1 unspecified atom stereocenters. The highest BCUT2D eigenvalue weighted by Gasteiger charge is 2.54. The zero-order valence-corrected chi connectivity index (χ0v) is 25.7. The Hall–Kier alpha value is -4.30. The number of likely N-dealkylation sites (N-methyl/N-ethyl adjacent to an activating group) is 1. The summed E-state index contributed by atoms with van der Waals surface area (Å²) in [6.07, 6.45) is 2.47. The number of piperazine rings is 1. The Kier molecular flexibility index (Phi) is 9.26. The number of nitrogens with two attached hydrogens (primary N) is 1. The van der Waals surface area contributed by atoms with Crippen LogP contribution < -0.4 is 21.6 Å². The van der Waals surface area contributed by atoms with Crippen molar-refractivity contribution in [3.63, 3.8) is 0 Å². The van der Waals surface area contributed by atoms with Crippen LogP contribution >= 0.6 is 23.3 Å². The number of aliphatic carboxylic acids is 1. The van der Waals surface area contributed by atoms with Crippen molar-refractivity contribution in [3.05, 3.63) is 47.7 Å². The molecule has 19 heteroatoms. The minimum atomic E-state index is -1.49. The van der Waals surface area contributed by atoms with E-state index in [1.165, 1.54) is 17.8 Å². The lowest BCUT2D eigenvalue weighted by molar-refractivity contribution is -0.908. The highest BCUT2D eigenvalue weighted by molar-refractivity contribution is 8.00. The van der Waals surface area contributed by atoms with Gasteiger partial charge < -0.3 is 40.5 Å². The number of pyridine rings is 1. The molecule has 17 nitrogen and oxygen atoms in total. The number of aromatic nitrogens is 3. The topological polar surface area (TPSA) is 236 Å². The average molecular weight is 662 g/mol. The first-order chi connectivity index (χ1) is 21.4. The molecule has 0 aliphatic carbocycles. The van der Waals surface area contributed by atoms with Crippen LogP contribution in [0.25, 0.3) is 0 Å². The Morgan fingerprint density at radius 2 is 2.04 bits per heavy atom. The van der Waals surface area contributed by atoms with Crippen molar-refractivity contribution in [1.82, 2.24) is 34.9 Å². The van der Waals surface area contributed by atoms with E-state index < -0.39 is 52.6 Å². The molecule has 5 heterocycles. The lowest BCUT2D eigenvalue weighted by atomic mass is 10.0. The van der Waals surface area contributed by atoms with Gasteiger partial charge in [-0.2, -0.15) is 9.85 Å². The predicted octanol–water partition coefficient (Wildman–Crippen LogP) is -2.32. The molecule has 0 spiro atoms. The molecule has 6 N–H and O–H groups in total. The quantitative estimate of drug-likeness (QED) is 0.0559. The number of fused-ring (bicyclic) bond motifs is 1. The van der Waals surface area contributed by atoms with Crippen LogP contribution in [0.3, 0.4) is 0 Å². The molecule has 0 saturated carbocycles. The number of carboxylic acids is 1. The van der Waals surface area contributed by atoms with E-state index in [1.807, 2.05) is 7.05 Å². The second-order valence-corrected chi connectivity index (χ2v) is 12.7. The van der Waals surface area contributed by atoms with Crippen LogP contribution in [0.4, 0.5) is 5.13 Å². The summed E-state index contributed by atoms with van der Waals surface area (Å²) >= 11 is 2.21. The number of carbonyl (C=O) groups is 4. The number of β-lactam (4-membered cyclic amide) rings is 1. The molecular formula is C26H31N9O8S2. The number of carbonyl (C=O) groups excluding carboxylic acids is 4. The van der Waals surface area contributed by atoms with E-state index in [9.17, 15) is 34.5 Å². The molecule has 3 atom stereocenters. The van der Waals surface area contributed by atoms with E-state index in [4.69, 9.17) is 10.6 Å². The van der Waals surface area contributed by atoms with Gasteiger partial charge in [0.1, 0.15) is 23.7 Å². The van der Waals surface area contributed by atoms with Crippen LogP contribution in [0.2, 0.25) is 0 Å². The summed E-state index contributed by atoms with van der Waals surface area (Å²) < 4.78 is 4.45. The molecule has 2 aromatic heterocycles. The number of quaternary nitrogens is 1. The number of nitrogens with zero attached hydrogens (tertiary/aromatic N) is 6. The Morgan fingerprint density at radius 3 is 2.67 bits per heavy atom. The standard InChI is InChI=1S/C26H31N9O8S2/c1-3-8-43-31-17(20-30-26(27)45-32-20)21(38)29-18-23(40)34-19(25(41)42)13(12-44-24(18)34)11-35(2)6-4-33(5-7-35)22(39)14-9-15(36)16(37)10-28-14/h3,9-10,17-18,24,31H,1,4-8,11-12H2,2H3,(H5-,27,28,29,30,32,36,37,38,39,41,42)/t17?,18-,24+/m1/s1. The maximum atomic E-state index is 13.3. The minimum absolute atomic E-state index is 0.00520. The molecule has 0 aromatic carbocycles. The maximum Gasteiger partial charge on any atom is 0.273 e. The number of nitrogens with one attached hydrogen (secondary N) is 2. The van der Waals surface area contributed by atoms with Gasteiger partial charge in [-0.15, -0.1) is 18.3 Å². The van der Waals surface area contributed by atoms with Crippen LogP contribution in [-0.4, -0.2) is 126 Å². The van der Waals surface area contributed by atoms with Gasteiger partial charge in [-0.05, 0) is 0 Å². The number of rotatable bonds is 11. The van der Waals surface area contributed by atoms with E-state index in [0.717, 1.165) is 28.7 Å². The maximum absolute atomic E-state index is 13.3. The van der Waals surface area contributed by atoms with Gasteiger partial charge in [-0.1, -0.05) is 6.08 Å². The summed E-state index contributed by atoms with van der Waals surface area (Å²) in [6, 6.07) is -1.09. The largest absolute Gasteiger partial charge is 0.543 e. The monoisotopic (exact) mass is 661 g/mol. The number of hydroxylamine groups is 1. The third-order valence-corrected chi connectivity index (χ3v) is 9.58. The molecule has 5 rings (SSSR count). The predicted molar refractivity (Wildman–Crippen MR) is 158 cm³/mol. The van der Waals surface area contributed by atoms with Crippen LogP contribution in [-0.2, 0) is 19.2 Å². The number of hydrogen-bond donors (Lipinski definition) is 5. The van der Waals surface area contributed by atoms with Crippen molar-refractivity contribution in [3.8, 4) is 11.5 Å². The average Bonchev–Trinajstić information content (AvgIpc) is 3.44. The number of hydrogen-bond acceptors (Lipinski definition) is 15. The number of carboxylic acid groups (broad SMARTS) is 1. The number of amides is 3. The van der Waals surface area contributed by atoms with Crippen LogP contribution in [0, 0.1) is 0 Å². The summed E-state index contributed by atoms with van der Waals surface area (Å²) in [6.45, 7) is 5.56. The first-order valence-electron chi connectivity index (χ1n) is 13.7. The fraction of sp³-hybridized carbons (Fsp3) is 0.423. The van der Waals surface area contributed by atoms with Crippen LogP contribution in [0.1, 0.15) is 22.4 Å². The summed E-state index contributed by atoms with van der Waals surface area (Å²) in [7, 11) is 1.94. The SMILES string of the molecule is C=CCONC(C(=O)N[C@@H]1C(=O)N2C(C(=O)[O-])=C(C[N+]3(C)CCN(C(=O)c4cc(O)c(O)cn4)CC3)CS[C@@H]12)c1nsc(N)n1. The Bertz CT molecular complexity index is 1560. The Labute approximate surface area is 265 Å². The van der Waals surface area contributed by atoms with Gasteiger partial charge >= 0.3 is 0 Å². The molecule has 3 amide bonds. The number of nitrogen functional groups attached to an aromatic ring is 1. The molecule has 45 heavy (non-hydrogen) atoms. The van der Waals surface area contributed by atoms with Crippen molar-refractivity contribution >= 4 is 52.1 Å². The van der Waals surface area contributed by atoms with Crippen LogP contribution in [0.15, 0.2) is 36.2 Å². The van der Waals surface area contributed by atoms with Crippen LogP contribution in [0.5, 0.6) is 11.5 Å². The molecule has 2 fully saturated rings. The Balaban J connectivity index is 1.24. The van der Waals surface area contributed by atoms with Crippen molar-refractivity contribution in [2.75, 3.05) is 57.9 Å². The lowest BCUT2D eigenvalue weighted by Crippen LogP contribution is -2.72. The Morgan fingerprint density at radius 1 is 1.31 bits per heavy atom. The van der Waals surface area contributed by atoms with Gasteiger partial charge in [0.15, 0.2) is 28.5 Å². The summed E-state index contributed by atoms with van der Waals surface area (Å²) in [4.78, 5) is 67.5. The van der Waals surface area contributed by atoms with E-state index >= 15 is 0 Å². The highest BCUT2D eigenvalue weighted by Crippen LogP contribution is 2.41.